The molecule has 0 spiro atoms. The minimum absolute atomic E-state index is 0.00193. The third-order valence-corrected chi connectivity index (χ3v) is 7.74. The fraction of sp³-hybridized carbons (Fsp3) is 0.556. The highest BCUT2D eigenvalue weighted by molar-refractivity contribution is 5.94. The Morgan fingerprint density at radius 1 is 1.12 bits per heavy atom. The number of likely N-dealkylation sites (N-methyl/N-ethyl adjacent to an activating group) is 1. The summed E-state index contributed by atoms with van der Waals surface area (Å²) in [5.41, 5.74) is 0.347. The number of nitrogens with one attached hydrogen (secondary N) is 2. The van der Waals surface area contributed by atoms with Crippen molar-refractivity contribution in [3.63, 3.8) is 0 Å². The molecule has 3 N–H and O–H groups in total. The molecule has 4 fully saturated rings. The lowest BCUT2D eigenvalue weighted by Crippen LogP contribution is -2.69. The summed E-state index contributed by atoms with van der Waals surface area (Å²) < 4.78 is 17.3. The van der Waals surface area contributed by atoms with Crippen LogP contribution in [0, 0.1) is 5.41 Å². The molecule has 2 bridgehead atoms. The lowest BCUT2D eigenvalue weighted by atomic mass is 9.62. The van der Waals surface area contributed by atoms with Crippen LogP contribution in [-0.4, -0.2) is 110 Å². The molecule has 13 heteroatoms. The van der Waals surface area contributed by atoms with Gasteiger partial charge in [-0.15, -0.1) is 0 Å². The lowest BCUT2D eigenvalue weighted by molar-refractivity contribution is -0.201. The maximum atomic E-state index is 13.8. The molecule has 4 aliphatic rings. The van der Waals surface area contributed by atoms with Crippen LogP contribution in [0.5, 0.6) is 0 Å². The van der Waals surface area contributed by atoms with Crippen LogP contribution >= 0.6 is 0 Å². The Labute approximate surface area is 231 Å². The van der Waals surface area contributed by atoms with Crippen molar-refractivity contribution in [3.8, 4) is 0 Å². The third-order valence-electron chi connectivity index (χ3n) is 7.74. The maximum absolute atomic E-state index is 13.8. The Morgan fingerprint density at radius 2 is 1.88 bits per heavy atom. The Morgan fingerprint density at radius 3 is 2.60 bits per heavy atom. The number of fused-ring (bicyclic) bond motifs is 4. The Kier molecular flexibility index (Phi) is 8.19. The van der Waals surface area contributed by atoms with E-state index in [1.54, 1.807) is 20.2 Å². The Balaban J connectivity index is 1.35. The van der Waals surface area contributed by atoms with E-state index < -0.39 is 47.7 Å². The number of esters is 1. The van der Waals surface area contributed by atoms with E-state index in [-0.39, 0.29) is 57.7 Å². The zero-order valence-corrected chi connectivity index (χ0v) is 22.4. The summed E-state index contributed by atoms with van der Waals surface area (Å²) >= 11 is 0. The Bertz CT molecular complexity index is 1170. The van der Waals surface area contributed by atoms with Crippen molar-refractivity contribution in [2.75, 3.05) is 40.6 Å². The average Bonchev–Trinajstić information content (AvgIpc) is 3.56. The van der Waals surface area contributed by atoms with E-state index in [9.17, 15) is 19.2 Å². The van der Waals surface area contributed by atoms with Crippen molar-refractivity contribution < 1.29 is 43.3 Å². The van der Waals surface area contributed by atoms with Crippen molar-refractivity contribution in [1.29, 1.82) is 0 Å². The number of hydrogen-bond acceptors (Lipinski definition) is 10. The molecule has 6 unspecified atom stereocenters. The van der Waals surface area contributed by atoms with E-state index in [4.69, 9.17) is 24.2 Å². The number of aliphatic hydroxyl groups excluding tert-OH is 1. The average molecular weight is 559 g/mol. The maximum Gasteiger partial charge on any atom is 0.327 e. The topological polar surface area (TPSA) is 156 Å². The zero-order valence-electron chi connectivity index (χ0n) is 22.4. The second-order valence-electron chi connectivity index (χ2n) is 10.5. The molecule has 5 rings (SSSR count). The van der Waals surface area contributed by atoms with Crippen molar-refractivity contribution in [2.45, 2.75) is 49.8 Å². The van der Waals surface area contributed by atoms with E-state index in [2.05, 4.69) is 10.6 Å². The summed E-state index contributed by atoms with van der Waals surface area (Å²) in [4.78, 5) is 58.8. The van der Waals surface area contributed by atoms with Crippen molar-refractivity contribution >= 4 is 29.8 Å². The summed E-state index contributed by atoms with van der Waals surface area (Å²) in [6, 6.07) is 6.39. The standard InChI is InChI=1S/C27H34N4O9/c1-30(2)20(34)8-7-16-3-5-17(6-4-16)14-31-23-25(35)39-18-13-27(23,24(40-31)22-21(18)37-15-38-22)26(36)29-10-9-19(33)28-11-12-32/h3-8,18,21-24,32H,9-15H2,1-2H3,(H,28,33)(H,29,36). The number of amides is 3. The largest absolute Gasteiger partial charge is 0.458 e. The fourth-order valence-corrected chi connectivity index (χ4v) is 5.80. The molecular formula is C27H34N4O9. The summed E-state index contributed by atoms with van der Waals surface area (Å²) in [6.07, 6.45) is 0.796. The molecule has 1 aliphatic carbocycles. The monoisotopic (exact) mass is 558 g/mol. The number of rotatable bonds is 10. The number of carbonyl (C=O) groups is 4. The van der Waals surface area contributed by atoms with Crippen LogP contribution in [-0.2, 0) is 44.8 Å². The number of aliphatic hydroxyl groups is 1. The predicted octanol–water partition coefficient (Wildman–Crippen LogP) is -1.06. The second-order valence-corrected chi connectivity index (χ2v) is 10.5. The number of ether oxygens (including phenoxy) is 3. The van der Waals surface area contributed by atoms with E-state index in [1.807, 2.05) is 24.3 Å². The highest BCUT2D eigenvalue weighted by Gasteiger charge is 2.74. The van der Waals surface area contributed by atoms with Crippen LogP contribution in [0.25, 0.3) is 6.08 Å². The molecule has 1 saturated carbocycles. The molecule has 3 aliphatic heterocycles. The SMILES string of the molecule is CN(C)C(=O)C=Cc1ccc(CN2OC3C4OCOC4C4CC3(C(=O)NCCC(=O)NCCO)C2C(=O)O4)cc1. The number of carbonyl (C=O) groups excluding carboxylic acids is 4. The first-order valence-corrected chi connectivity index (χ1v) is 13.3. The van der Waals surface area contributed by atoms with Crippen LogP contribution < -0.4 is 10.6 Å². The molecule has 1 aromatic rings. The Hall–Kier alpha value is -3.36. The number of benzene rings is 1. The highest BCUT2D eigenvalue weighted by Crippen LogP contribution is 2.55. The van der Waals surface area contributed by atoms with Crippen molar-refractivity contribution in [2.24, 2.45) is 5.41 Å². The van der Waals surface area contributed by atoms with Gasteiger partial charge < -0.3 is 34.9 Å². The number of hydrogen-bond donors (Lipinski definition) is 3. The molecule has 3 heterocycles. The van der Waals surface area contributed by atoms with Gasteiger partial charge in [-0.3, -0.25) is 24.0 Å². The quantitative estimate of drug-likeness (QED) is 0.239. The highest BCUT2D eigenvalue weighted by atomic mass is 16.8. The first-order chi connectivity index (χ1) is 19.2. The van der Waals surface area contributed by atoms with E-state index in [0.29, 0.717) is 0 Å². The van der Waals surface area contributed by atoms with Gasteiger partial charge in [-0.05, 0) is 17.2 Å². The molecule has 6 atom stereocenters. The first kappa shape index (κ1) is 28.2. The van der Waals surface area contributed by atoms with Crippen molar-refractivity contribution in [1.82, 2.24) is 20.6 Å². The van der Waals surface area contributed by atoms with E-state index in [0.717, 1.165) is 11.1 Å². The molecule has 0 aromatic heterocycles. The molecule has 1 aromatic carbocycles. The summed E-state index contributed by atoms with van der Waals surface area (Å²) in [5.74, 6) is -1.43. The van der Waals surface area contributed by atoms with Gasteiger partial charge in [0, 0.05) is 46.1 Å². The molecule has 40 heavy (non-hydrogen) atoms. The molecule has 3 amide bonds. The van der Waals surface area contributed by atoms with Gasteiger partial charge in [0.05, 0.1) is 13.2 Å². The van der Waals surface area contributed by atoms with Gasteiger partial charge in [0.15, 0.2) is 6.04 Å². The van der Waals surface area contributed by atoms with Gasteiger partial charge in [0.2, 0.25) is 17.7 Å². The predicted molar refractivity (Wildman–Crippen MR) is 138 cm³/mol. The summed E-state index contributed by atoms with van der Waals surface area (Å²) in [5, 5.41) is 15.7. The van der Waals surface area contributed by atoms with Gasteiger partial charge in [-0.25, -0.2) is 0 Å². The molecule has 0 radical (unpaired) electrons. The van der Waals surface area contributed by atoms with E-state index >= 15 is 0 Å². The number of nitrogens with zero attached hydrogens (tertiary/aromatic N) is 2. The first-order valence-electron chi connectivity index (χ1n) is 13.3. The van der Waals surface area contributed by atoms with Crippen LogP contribution in [0.3, 0.4) is 0 Å². The normalized spacial score (nSPS) is 30.6. The van der Waals surface area contributed by atoms with E-state index in [1.165, 1.54) is 16.0 Å². The summed E-state index contributed by atoms with van der Waals surface area (Å²) in [7, 11) is 3.35. The summed E-state index contributed by atoms with van der Waals surface area (Å²) in [6.45, 7) is 0.193. The minimum atomic E-state index is -1.30. The minimum Gasteiger partial charge on any atom is -0.458 e. The number of hydroxylamine groups is 2. The van der Waals surface area contributed by atoms with Crippen LogP contribution in [0.15, 0.2) is 30.3 Å². The van der Waals surface area contributed by atoms with Crippen molar-refractivity contribution in [3.05, 3.63) is 41.5 Å². The second kappa shape index (κ2) is 11.6. The van der Waals surface area contributed by atoms with Crippen LogP contribution in [0.4, 0.5) is 0 Å². The van der Waals surface area contributed by atoms with Gasteiger partial charge >= 0.3 is 5.97 Å². The van der Waals surface area contributed by atoms with Gasteiger partial charge in [0.25, 0.3) is 0 Å². The van der Waals surface area contributed by atoms with Crippen LogP contribution in [0.1, 0.15) is 24.0 Å². The van der Waals surface area contributed by atoms with Gasteiger partial charge in [-0.1, -0.05) is 24.3 Å². The molecule has 3 saturated heterocycles. The fourth-order valence-electron chi connectivity index (χ4n) is 5.80. The third kappa shape index (κ3) is 5.22. The smallest absolute Gasteiger partial charge is 0.327 e. The van der Waals surface area contributed by atoms with Gasteiger partial charge in [-0.2, -0.15) is 5.06 Å². The lowest BCUT2D eigenvalue weighted by Gasteiger charge is -2.48. The molecule has 216 valence electrons. The van der Waals surface area contributed by atoms with Gasteiger partial charge in [0.1, 0.15) is 36.6 Å². The zero-order chi connectivity index (χ0) is 28.4. The van der Waals surface area contributed by atoms with Crippen LogP contribution in [0.2, 0.25) is 0 Å². The molecular weight excluding hydrogens is 524 g/mol. The molecule has 13 nitrogen and oxygen atoms in total.